The van der Waals surface area contributed by atoms with Gasteiger partial charge in [-0.3, -0.25) is 9.59 Å². The zero-order valence-electron chi connectivity index (χ0n) is 18.3. The molecule has 0 aromatic heterocycles. The van der Waals surface area contributed by atoms with Gasteiger partial charge in [0.15, 0.2) is 11.5 Å². The number of hydrogen-bond acceptors (Lipinski definition) is 5. The average Bonchev–Trinajstić information content (AvgIpc) is 2.78. The van der Waals surface area contributed by atoms with E-state index in [1.54, 1.807) is 47.4 Å². The number of nitrogens with one attached hydrogen (secondary N) is 1. The number of amides is 2. The lowest BCUT2D eigenvalue weighted by Gasteiger charge is -2.21. The highest BCUT2D eigenvalue weighted by Gasteiger charge is 2.20. The van der Waals surface area contributed by atoms with E-state index in [-0.39, 0.29) is 17.5 Å². The van der Waals surface area contributed by atoms with Crippen molar-refractivity contribution in [3.63, 3.8) is 0 Å². The zero-order chi connectivity index (χ0) is 23.0. The number of nitrogens with zero attached hydrogens (tertiary/aromatic N) is 1. The number of benzene rings is 2. The monoisotopic (exact) mass is 490 g/mol. The Labute approximate surface area is 191 Å². The molecule has 31 heavy (non-hydrogen) atoms. The molecule has 0 aliphatic heterocycles. The molecular weight excluding hydrogens is 464 g/mol. The van der Waals surface area contributed by atoms with Crippen LogP contribution in [-0.2, 0) is 4.79 Å². The van der Waals surface area contributed by atoms with E-state index in [0.29, 0.717) is 41.5 Å². The van der Waals surface area contributed by atoms with Gasteiger partial charge in [0.1, 0.15) is 5.70 Å². The first-order chi connectivity index (χ1) is 14.9. The van der Waals surface area contributed by atoms with Gasteiger partial charge in [-0.1, -0.05) is 15.9 Å². The molecule has 2 amide bonds. The summed E-state index contributed by atoms with van der Waals surface area (Å²) in [6, 6.07) is 10.3. The van der Waals surface area contributed by atoms with Crippen molar-refractivity contribution in [1.82, 2.24) is 10.2 Å². The molecule has 0 spiro atoms. The predicted molar refractivity (Wildman–Crippen MR) is 124 cm³/mol. The predicted octanol–water partition coefficient (Wildman–Crippen LogP) is 4.11. The minimum atomic E-state index is -0.383. The summed E-state index contributed by atoms with van der Waals surface area (Å²) in [5.41, 5.74) is 1.19. The summed E-state index contributed by atoms with van der Waals surface area (Å²) in [5.74, 6) is 0.664. The number of likely N-dealkylation sites (N-methyl/N-ethyl adjacent to an activating group) is 1. The van der Waals surface area contributed by atoms with Crippen molar-refractivity contribution in [2.24, 2.45) is 0 Å². The number of hydrogen-bond donors (Lipinski definition) is 1. The average molecular weight is 491 g/mol. The quantitative estimate of drug-likeness (QED) is 0.535. The van der Waals surface area contributed by atoms with E-state index in [9.17, 15) is 9.59 Å². The molecular formula is C23H27BrN2O5. The summed E-state index contributed by atoms with van der Waals surface area (Å²) < 4.78 is 17.0. The van der Waals surface area contributed by atoms with Crippen LogP contribution in [0, 0.1) is 0 Å². The molecule has 0 aliphatic rings. The van der Waals surface area contributed by atoms with Crippen molar-refractivity contribution >= 4 is 33.8 Å². The maximum atomic E-state index is 13.1. The Morgan fingerprint density at radius 3 is 1.97 bits per heavy atom. The highest BCUT2D eigenvalue weighted by atomic mass is 79.9. The molecule has 2 aromatic carbocycles. The van der Waals surface area contributed by atoms with Crippen LogP contribution < -0.4 is 19.5 Å². The van der Waals surface area contributed by atoms with Gasteiger partial charge in [0.2, 0.25) is 5.75 Å². The molecule has 0 radical (unpaired) electrons. The Morgan fingerprint density at radius 2 is 1.52 bits per heavy atom. The summed E-state index contributed by atoms with van der Waals surface area (Å²) in [7, 11) is 4.55. The largest absolute Gasteiger partial charge is 0.493 e. The number of carbonyl (C=O) groups is 2. The fourth-order valence-electron chi connectivity index (χ4n) is 2.98. The first-order valence-electron chi connectivity index (χ1n) is 9.76. The van der Waals surface area contributed by atoms with Crippen LogP contribution in [0.1, 0.15) is 29.8 Å². The van der Waals surface area contributed by atoms with Gasteiger partial charge in [0.25, 0.3) is 11.8 Å². The first-order valence-corrected chi connectivity index (χ1v) is 10.6. The Kier molecular flexibility index (Phi) is 8.93. The maximum Gasteiger partial charge on any atom is 0.270 e. The van der Waals surface area contributed by atoms with Gasteiger partial charge in [-0.15, -0.1) is 0 Å². The van der Waals surface area contributed by atoms with Gasteiger partial charge in [-0.25, -0.2) is 0 Å². The Hall–Kier alpha value is -3.00. The third kappa shape index (κ3) is 6.01. The van der Waals surface area contributed by atoms with E-state index in [2.05, 4.69) is 21.2 Å². The molecule has 0 aliphatic carbocycles. The normalized spacial score (nSPS) is 11.0. The lowest BCUT2D eigenvalue weighted by molar-refractivity contribution is -0.127. The standard InChI is InChI=1S/C23H27BrN2O5/c1-6-26(7-2)23(28)18(25-22(27)16-8-10-17(24)11-9-16)12-15-13-19(29-3)21(31-5)20(14-15)30-4/h8-14H,6-7H2,1-5H3,(H,25,27)/b18-12-. The molecule has 0 heterocycles. The molecule has 2 rings (SSSR count). The van der Waals surface area contributed by atoms with Crippen molar-refractivity contribution in [2.45, 2.75) is 13.8 Å². The van der Waals surface area contributed by atoms with Gasteiger partial charge in [0.05, 0.1) is 21.3 Å². The third-order valence-electron chi connectivity index (χ3n) is 4.63. The number of ether oxygens (including phenoxy) is 3. The van der Waals surface area contributed by atoms with Crippen LogP contribution in [0.15, 0.2) is 46.6 Å². The molecule has 0 saturated carbocycles. The SMILES string of the molecule is CCN(CC)C(=O)/C(=C/c1cc(OC)c(OC)c(OC)c1)NC(=O)c1ccc(Br)cc1. The summed E-state index contributed by atoms with van der Waals surface area (Å²) in [6.07, 6.45) is 1.60. The zero-order valence-corrected chi connectivity index (χ0v) is 19.9. The van der Waals surface area contributed by atoms with E-state index >= 15 is 0 Å². The number of methoxy groups -OCH3 is 3. The Balaban J connectivity index is 2.51. The molecule has 7 nitrogen and oxygen atoms in total. The van der Waals surface area contributed by atoms with Crippen molar-refractivity contribution < 1.29 is 23.8 Å². The lowest BCUT2D eigenvalue weighted by Crippen LogP contribution is -2.38. The Bertz CT molecular complexity index is 928. The highest BCUT2D eigenvalue weighted by Crippen LogP contribution is 2.38. The molecule has 0 unspecified atom stereocenters. The number of halogens is 1. The second kappa shape index (κ2) is 11.4. The van der Waals surface area contributed by atoms with E-state index in [1.807, 2.05) is 13.8 Å². The van der Waals surface area contributed by atoms with Gasteiger partial charge >= 0.3 is 0 Å². The van der Waals surface area contributed by atoms with Gasteiger partial charge in [-0.05, 0) is 61.9 Å². The van der Waals surface area contributed by atoms with Crippen molar-refractivity contribution in [1.29, 1.82) is 0 Å². The summed E-state index contributed by atoms with van der Waals surface area (Å²) in [5, 5.41) is 2.76. The van der Waals surface area contributed by atoms with E-state index in [4.69, 9.17) is 14.2 Å². The molecule has 0 bridgehead atoms. The van der Waals surface area contributed by atoms with E-state index in [0.717, 1.165) is 4.47 Å². The van der Waals surface area contributed by atoms with Gasteiger partial charge < -0.3 is 24.4 Å². The molecule has 8 heteroatoms. The molecule has 166 valence electrons. The van der Waals surface area contributed by atoms with Crippen LogP contribution in [0.4, 0.5) is 0 Å². The second-order valence-corrected chi connectivity index (χ2v) is 7.37. The number of rotatable bonds is 9. The summed E-state index contributed by atoms with van der Waals surface area (Å²) in [4.78, 5) is 27.5. The minimum Gasteiger partial charge on any atom is -0.493 e. The number of carbonyl (C=O) groups excluding carboxylic acids is 2. The van der Waals surface area contributed by atoms with Gasteiger partial charge in [0, 0.05) is 23.1 Å². The smallest absolute Gasteiger partial charge is 0.270 e. The fourth-order valence-corrected chi connectivity index (χ4v) is 3.24. The van der Waals surface area contributed by atoms with Crippen LogP contribution in [-0.4, -0.2) is 51.1 Å². The van der Waals surface area contributed by atoms with Crippen LogP contribution in [0.25, 0.3) is 6.08 Å². The molecule has 0 saturated heterocycles. The third-order valence-corrected chi connectivity index (χ3v) is 5.16. The fraction of sp³-hybridized carbons (Fsp3) is 0.304. The van der Waals surface area contributed by atoms with Crippen molar-refractivity contribution in [3.05, 3.63) is 57.7 Å². The lowest BCUT2D eigenvalue weighted by atomic mass is 10.1. The first kappa shape index (κ1) is 24.3. The maximum absolute atomic E-state index is 13.1. The van der Waals surface area contributed by atoms with Crippen LogP contribution >= 0.6 is 15.9 Å². The summed E-state index contributed by atoms with van der Waals surface area (Å²) in [6.45, 7) is 4.79. The van der Waals surface area contributed by atoms with Gasteiger partial charge in [-0.2, -0.15) is 0 Å². The van der Waals surface area contributed by atoms with E-state index in [1.165, 1.54) is 21.3 Å². The van der Waals surface area contributed by atoms with Crippen LogP contribution in [0.2, 0.25) is 0 Å². The molecule has 1 N–H and O–H groups in total. The van der Waals surface area contributed by atoms with E-state index < -0.39 is 0 Å². The van der Waals surface area contributed by atoms with Crippen molar-refractivity contribution in [3.8, 4) is 17.2 Å². The topological polar surface area (TPSA) is 77.1 Å². The van der Waals surface area contributed by atoms with Crippen LogP contribution in [0.3, 0.4) is 0 Å². The molecule has 2 aromatic rings. The summed E-state index contributed by atoms with van der Waals surface area (Å²) >= 11 is 3.35. The Morgan fingerprint density at radius 1 is 0.968 bits per heavy atom. The highest BCUT2D eigenvalue weighted by molar-refractivity contribution is 9.10. The molecule has 0 atom stereocenters. The molecule has 0 fully saturated rings. The van der Waals surface area contributed by atoms with Crippen LogP contribution in [0.5, 0.6) is 17.2 Å². The second-order valence-electron chi connectivity index (χ2n) is 6.46. The van der Waals surface area contributed by atoms with Crippen molar-refractivity contribution in [2.75, 3.05) is 34.4 Å². The minimum absolute atomic E-state index is 0.144.